The van der Waals surface area contributed by atoms with E-state index in [1.54, 1.807) is 36.4 Å². The fraction of sp³-hybridized carbons (Fsp3) is 0.318. The molecule has 4 rings (SSSR count). The lowest BCUT2D eigenvalue weighted by Gasteiger charge is -2.29. The molecular formula is C22H23N6O10P. The first-order valence-corrected chi connectivity index (χ1v) is 12.9. The standard InChI is InChI=1S/C22H23N6O10P/c1-12(20(32)33)25-39(35,38-15-8-4-6-13-5-2-3-7-14(13)15)36-11-22(26-27-23)18(31)17(30)19(37-22)28-10-9-16(29)24-21(28)34/h2-10,12,17-19,30-31H,11H2,1H3,(H,25,35)(H,32,33)(H,24,29,34)/t12-,17+,18-,19+,22+,39?/m0/s1. The summed E-state index contributed by atoms with van der Waals surface area (Å²) in [6.45, 7) is 0.155. The van der Waals surface area contributed by atoms with Gasteiger partial charge < -0.3 is 24.6 Å². The molecule has 0 amide bonds. The van der Waals surface area contributed by atoms with Gasteiger partial charge in [-0.05, 0) is 23.9 Å². The maximum Gasteiger partial charge on any atom is 0.459 e. The van der Waals surface area contributed by atoms with Gasteiger partial charge >= 0.3 is 19.4 Å². The van der Waals surface area contributed by atoms with Crippen molar-refractivity contribution < 1.29 is 38.5 Å². The monoisotopic (exact) mass is 562 g/mol. The SMILES string of the molecule is C[C@H](NP(=O)(OC[C@@]1(N=[N+]=[N-])O[C@@H](n2ccc(=O)[nH]c2=O)[C@H](O)[C@@H]1O)Oc1cccc2ccccc12)C(=O)O. The summed E-state index contributed by atoms with van der Waals surface area (Å²) in [5.74, 6) is -1.33. The van der Waals surface area contributed by atoms with Crippen LogP contribution in [0, 0.1) is 0 Å². The van der Waals surface area contributed by atoms with Crippen LogP contribution in [0.3, 0.4) is 0 Å². The summed E-state index contributed by atoms with van der Waals surface area (Å²) in [7, 11) is -4.63. The number of aliphatic carboxylic acids is 1. The van der Waals surface area contributed by atoms with E-state index in [0.29, 0.717) is 10.8 Å². The zero-order valence-electron chi connectivity index (χ0n) is 20.1. The van der Waals surface area contributed by atoms with Gasteiger partial charge in [0.15, 0.2) is 6.23 Å². The van der Waals surface area contributed by atoms with Crippen LogP contribution in [-0.4, -0.2) is 61.4 Å². The average Bonchev–Trinajstić information content (AvgIpc) is 3.13. The number of carboxylic acids is 1. The van der Waals surface area contributed by atoms with Crippen molar-refractivity contribution in [2.24, 2.45) is 5.11 Å². The van der Waals surface area contributed by atoms with Gasteiger partial charge in [0.2, 0.25) is 5.72 Å². The minimum atomic E-state index is -4.63. The summed E-state index contributed by atoms with van der Waals surface area (Å²) < 4.78 is 31.2. The largest absolute Gasteiger partial charge is 0.480 e. The molecule has 0 bridgehead atoms. The number of carboxylic acid groups (broad SMARTS) is 1. The first-order chi connectivity index (χ1) is 18.5. The van der Waals surface area contributed by atoms with Crippen molar-refractivity contribution in [1.82, 2.24) is 14.6 Å². The topological polar surface area (TPSA) is 238 Å². The van der Waals surface area contributed by atoms with Gasteiger partial charge in [-0.3, -0.25) is 23.7 Å². The number of hydrogen-bond acceptors (Lipinski definition) is 10. The molecule has 1 fully saturated rings. The molecule has 1 aliphatic heterocycles. The van der Waals surface area contributed by atoms with Crippen LogP contribution in [0.5, 0.6) is 5.75 Å². The van der Waals surface area contributed by atoms with Crippen LogP contribution in [0.2, 0.25) is 0 Å². The van der Waals surface area contributed by atoms with Crippen molar-refractivity contribution >= 4 is 24.5 Å². The number of azide groups is 1. The summed E-state index contributed by atoms with van der Waals surface area (Å²) in [5, 5.41) is 37.6. The maximum atomic E-state index is 13.8. The Bertz CT molecular complexity index is 1600. The van der Waals surface area contributed by atoms with Gasteiger partial charge in [-0.15, -0.1) is 0 Å². The molecule has 17 heteroatoms. The molecule has 0 spiro atoms. The number of benzene rings is 2. The number of aliphatic hydroxyl groups excluding tert-OH is 2. The molecule has 39 heavy (non-hydrogen) atoms. The molecule has 0 saturated carbocycles. The summed E-state index contributed by atoms with van der Waals surface area (Å²) in [4.78, 5) is 39.7. The Morgan fingerprint density at radius 3 is 2.69 bits per heavy atom. The summed E-state index contributed by atoms with van der Waals surface area (Å²) in [5.41, 5.74) is 4.97. The van der Waals surface area contributed by atoms with Gasteiger partial charge in [0.05, 0.1) is 6.61 Å². The van der Waals surface area contributed by atoms with Crippen LogP contribution in [0.1, 0.15) is 13.2 Å². The number of H-pyrrole nitrogens is 1. The molecule has 6 atom stereocenters. The Hall–Kier alpha value is -4.01. The molecule has 2 heterocycles. The van der Waals surface area contributed by atoms with E-state index in [9.17, 15) is 34.3 Å². The second kappa shape index (κ2) is 11.0. The van der Waals surface area contributed by atoms with E-state index in [4.69, 9.17) is 19.3 Å². The van der Waals surface area contributed by atoms with Crippen LogP contribution < -0.4 is 20.9 Å². The predicted octanol–water partition coefficient (Wildman–Crippen LogP) is 1.21. The normalized spacial score (nSPS) is 24.9. The number of hydrogen-bond donors (Lipinski definition) is 5. The lowest BCUT2D eigenvalue weighted by atomic mass is 10.1. The third kappa shape index (κ3) is 5.72. The van der Waals surface area contributed by atoms with Gasteiger partial charge in [0.25, 0.3) is 5.56 Å². The molecule has 206 valence electrons. The molecule has 0 aliphatic carbocycles. The van der Waals surface area contributed by atoms with E-state index < -0.39 is 61.8 Å². The number of ether oxygens (including phenoxy) is 1. The van der Waals surface area contributed by atoms with Gasteiger partial charge in [-0.1, -0.05) is 41.5 Å². The smallest absolute Gasteiger partial charge is 0.459 e. The summed E-state index contributed by atoms with van der Waals surface area (Å²) in [6, 6.07) is 11.3. The van der Waals surface area contributed by atoms with E-state index in [0.717, 1.165) is 16.8 Å². The highest BCUT2D eigenvalue weighted by atomic mass is 31.2. The van der Waals surface area contributed by atoms with Crippen molar-refractivity contribution in [3.8, 4) is 5.75 Å². The van der Waals surface area contributed by atoms with Gasteiger partial charge in [-0.25, -0.2) is 9.36 Å². The Balaban J connectivity index is 1.68. The first kappa shape index (κ1) is 28.0. The zero-order chi connectivity index (χ0) is 28.4. The Labute approximate surface area is 218 Å². The minimum Gasteiger partial charge on any atom is -0.480 e. The number of rotatable bonds is 10. The molecule has 1 saturated heterocycles. The van der Waals surface area contributed by atoms with E-state index in [1.807, 2.05) is 4.98 Å². The first-order valence-electron chi connectivity index (χ1n) is 11.3. The van der Waals surface area contributed by atoms with Crippen LogP contribution in [-0.2, 0) is 18.6 Å². The lowest BCUT2D eigenvalue weighted by molar-refractivity contribution is -0.138. The molecular weight excluding hydrogens is 539 g/mol. The molecule has 1 unspecified atom stereocenters. The molecule has 1 aliphatic rings. The number of aromatic nitrogens is 2. The number of fused-ring (bicyclic) bond motifs is 1. The van der Waals surface area contributed by atoms with Crippen LogP contribution in [0.15, 0.2) is 69.4 Å². The third-order valence-corrected chi connectivity index (χ3v) is 7.48. The highest BCUT2D eigenvalue weighted by Crippen LogP contribution is 2.49. The van der Waals surface area contributed by atoms with Crippen molar-refractivity contribution in [3.05, 3.63) is 86.0 Å². The van der Waals surface area contributed by atoms with E-state index in [1.165, 1.54) is 13.0 Å². The quantitative estimate of drug-likeness (QED) is 0.102. The van der Waals surface area contributed by atoms with Crippen LogP contribution >= 0.6 is 7.75 Å². The predicted molar refractivity (Wildman–Crippen MR) is 134 cm³/mol. The summed E-state index contributed by atoms with van der Waals surface area (Å²) in [6.07, 6.45) is -4.59. The van der Waals surface area contributed by atoms with Gasteiger partial charge in [-0.2, -0.15) is 5.09 Å². The summed E-state index contributed by atoms with van der Waals surface area (Å²) >= 11 is 0. The Morgan fingerprint density at radius 1 is 1.28 bits per heavy atom. The number of carbonyl (C=O) groups is 1. The maximum absolute atomic E-state index is 13.8. The van der Waals surface area contributed by atoms with Crippen molar-refractivity contribution in [2.75, 3.05) is 6.61 Å². The van der Waals surface area contributed by atoms with E-state index in [-0.39, 0.29) is 5.75 Å². The fourth-order valence-electron chi connectivity index (χ4n) is 3.89. The van der Waals surface area contributed by atoms with Crippen molar-refractivity contribution in [1.29, 1.82) is 0 Å². The highest BCUT2D eigenvalue weighted by Gasteiger charge is 2.56. The third-order valence-electron chi connectivity index (χ3n) is 5.87. The molecule has 16 nitrogen and oxygen atoms in total. The molecule has 0 radical (unpaired) electrons. The van der Waals surface area contributed by atoms with Gasteiger partial charge in [0.1, 0.15) is 24.0 Å². The van der Waals surface area contributed by atoms with Crippen molar-refractivity contribution in [3.63, 3.8) is 0 Å². The van der Waals surface area contributed by atoms with E-state index in [2.05, 4.69) is 15.1 Å². The molecule has 2 aromatic carbocycles. The molecule has 1 aromatic heterocycles. The second-order valence-corrected chi connectivity index (χ2v) is 10.2. The Morgan fingerprint density at radius 2 is 2.00 bits per heavy atom. The molecule has 5 N–H and O–H groups in total. The highest BCUT2D eigenvalue weighted by molar-refractivity contribution is 7.52. The van der Waals surface area contributed by atoms with Gasteiger partial charge in [0, 0.05) is 22.6 Å². The number of nitrogens with one attached hydrogen (secondary N) is 2. The van der Waals surface area contributed by atoms with Crippen molar-refractivity contribution in [2.45, 2.75) is 37.1 Å². The van der Waals surface area contributed by atoms with Crippen LogP contribution in [0.4, 0.5) is 0 Å². The lowest BCUT2D eigenvalue weighted by Crippen LogP contribution is -2.45. The number of aliphatic hydroxyl groups is 2. The molecule has 3 aromatic rings. The van der Waals surface area contributed by atoms with Crippen LogP contribution in [0.25, 0.3) is 21.2 Å². The van der Waals surface area contributed by atoms with E-state index >= 15 is 0 Å². The minimum absolute atomic E-state index is 0.0601. The fourth-order valence-corrected chi connectivity index (χ4v) is 5.43. The zero-order valence-corrected chi connectivity index (χ0v) is 21.0. The number of aromatic amines is 1. The Kier molecular flexibility index (Phi) is 7.90. The number of nitrogens with zero attached hydrogens (tertiary/aromatic N) is 4. The average molecular weight is 562 g/mol. The second-order valence-electron chi connectivity index (χ2n) is 8.52.